The van der Waals surface area contributed by atoms with Gasteiger partial charge in [-0.05, 0) is 54.8 Å². The minimum Gasteiger partial charge on any atom is -0.378 e. The Hall–Kier alpha value is -2.51. The van der Waals surface area contributed by atoms with Gasteiger partial charge in [0, 0.05) is 29.7 Å². The number of rotatable bonds is 5. The molecule has 156 valence electrons. The van der Waals surface area contributed by atoms with Crippen LogP contribution in [0, 0.1) is 6.92 Å². The maximum atomic E-state index is 13.1. The standard InChI is InChI=1S/C23H25BrN4O2/c1-3-4-22-26-21-8-6-18(24)14-20(21)23(29)28(22)25-15-17-5-7-19(13-16(17)2)27-9-11-30-12-10-27/h5-8,13-15H,3-4,9-12H2,1-2H3. The first-order valence-corrected chi connectivity index (χ1v) is 11.0. The molecule has 0 saturated carbocycles. The van der Waals surface area contributed by atoms with Gasteiger partial charge in [-0.15, -0.1) is 0 Å². The van der Waals surface area contributed by atoms with Gasteiger partial charge in [0.15, 0.2) is 0 Å². The molecular weight excluding hydrogens is 444 g/mol. The zero-order valence-electron chi connectivity index (χ0n) is 17.3. The van der Waals surface area contributed by atoms with Crippen molar-refractivity contribution in [2.75, 3.05) is 31.2 Å². The highest BCUT2D eigenvalue weighted by Gasteiger charge is 2.13. The Bertz CT molecular complexity index is 1150. The number of aryl methyl sites for hydroxylation is 2. The molecule has 0 spiro atoms. The lowest BCUT2D eigenvalue weighted by Crippen LogP contribution is -2.36. The van der Waals surface area contributed by atoms with E-state index in [1.54, 1.807) is 12.3 Å². The van der Waals surface area contributed by atoms with Gasteiger partial charge in [-0.1, -0.05) is 28.9 Å². The lowest BCUT2D eigenvalue weighted by atomic mass is 10.1. The highest BCUT2D eigenvalue weighted by atomic mass is 79.9. The summed E-state index contributed by atoms with van der Waals surface area (Å²) in [4.78, 5) is 20.1. The fourth-order valence-electron chi connectivity index (χ4n) is 3.64. The van der Waals surface area contributed by atoms with Crippen molar-refractivity contribution in [1.29, 1.82) is 0 Å². The second-order valence-corrected chi connectivity index (χ2v) is 8.36. The third-order valence-electron chi connectivity index (χ3n) is 5.29. The van der Waals surface area contributed by atoms with Crippen LogP contribution in [0.1, 0.15) is 30.3 Å². The molecule has 0 radical (unpaired) electrons. The Kier molecular flexibility index (Phi) is 6.29. The number of aromatic nitrogens is 2. The van der Waals surface area contributed by atoms with Crippen molar-refractivity contribution >= 4 is 38.7 Å². The zero-order chi connectivity index (χ0) is 21.1. The van der Waals surface area contributed by atoms with Crippen LogP contribution in [0.4, 0.5) is 5.69 Å². The molecule has 1 fully saturated rings. The van der Waals surface area contributed by atoms with E-state index in [0.29, 0.717) is 23.1 Å². The average Bonchev–Trinajstić information content (AvgIpc) is 2.76. The second-order valence-electron chi connectivity index (χ2n) is 7.44. The fourth-order valence-corrected chi connectivity index (χ4v) is 4.00. The van der Waals surface area contributed by atoms with E-state index in [0.717, 1.165) is 48.3 Å². The minimum atomic E-state index is -0.149. The van der Waals surface area contributed by atoms with Gasteiger partial charge in [-0.2, -0.15) is 9.78 Å². The molecule has 0 N–H and O–H groups in total. The van der Waals surface area contributed by atoms with E-state index < -0.39 is 0 Å². The van der Waals surface area contributed by atoms with Gasteiger partial charge in [0.05, 0.1) is 30.3 Å². The Balaban J connectivity index is 1.70. The lowest BCUT2D eigenvalue weighted by Gasteiger charge is -2.29. The first kappa shape index (κ1) is 20.8. The molecule has 0 amide bonds. The third-order valence-corrected chi connectivity index (χ3v) is 5.78. The molecule has 1 saturated heterocycles. The van der Waals surface area contributed by atoms with E-state index in [9.17, 15) is 4.79 Å². The van der Waals surface area contributed by atoms with Crippen LogP contribution >= 0.6 is 15.9 Å². The Morgan fingerprint density at radius 3 is 2.73 bits per heavy atom. The molecule has 6 nitrogen and oxygen atoms in total. The predicted octanol–water partition coefficient (Wildman–Crippen LogP) is 4.14. The van der Waals surface area contributed by atoms with Crippen LogP contribution in [-0.2, 0) is 11.2 Å². The Labute approximate surface area is 184 Å². The number of fused-ring (bicyclic) bond motifs is 1. The Morgan fingerprint density at radius 1 is 1.20 bits per heavy atom. The molecule has 30 heavy (non-hydrogen) atoms. The molecule has 2 heterocycles. The molecular formula is C23H25BrN4O2. The summed E-state index contributed by atoms with van der Waals surface area (Å²) in [6.07, 6.45) is 3.33. The topological polar surface area (TPSA) is 59.7 Å². The van der Waals surface area contributed by atoms with Crippen molar-refractivity contribution < 1.29 is 4.74 Å². The first-order valence-electron chi connectivity index (χ1n) is 10.3. The maximum Gasteiger partial charge on any atom is 0.282 e. The summed E-state index contributed by atoms with van der Waals surface area (Å²) in [5.41, 5.74) is 3.83. The van der Waals surface area contributed by atoms with Crippen LogP contribution in [0.2, 0.25) is 0 Å². The molecule has 3 aromatic rings. The van der Waals surface area contributed by atoms with Gasteiger partial charge >= 0.3 is 0 Å². The molecule has 1 aliphatic rings. The summed E-state index contributed by atoms with van der Waals surface area (Å²) in [6.45, 7) is 7.46. The fraction of sp³-hybridized carbons (Fsp3) is 0.348. The molecule has 0 bridgehead atoms. The van der Waals surface area contributed by atoms with Crippen LogP contribution in [0.5, 0.6) is 0 Å². The molecule has 2 aromatic carbocycles. The maximum absolute atomic E-state index is 13.1. The van der Waals surface area contributed by atoms with Crippen molar-refractivity contribution in [3.63, 3.8) is 0 Å². The molecule has 4 rings (SSSR count). The highest BCUT2D eigenvalue weighted by Crippen LogP contribution is 2.20. The second kappa shape index (κ2) is 9.10. The summed E-state index contributed by atoms with van der Waals surface area (Å²) < 4.78 is 7.73. The molecule has 0 atom stereocenters. The van der Waals surface area contributed by atoms with Gasteiger partial charge in [0.1, 0.15) is 5.82 Å². The van der Waals surface area contributed by atoms with Gasteiger partial charge in [0.25, 0.3) is 5.56 Å². The van der Waals surface area contributed by atoms with Crippen molar-refractivity contribution in [3.8, 4) is 0 Å². The largest absolute Gasteiger partial charge is 0.378 e. The van der Waals surface area contributed by atoms with Crippen LogP contribution < -0.4 is 10.5 Å². The van der Waals surface area contributed by atoms with Crippen LogP contribution in [0.15, 0.2) is 50.8 Å². The van der Waals surface area contributed by atoms with Crippen molar-refractivity contribution in [2.24, 2.45) is 5.10 Å². The quantitative estimate of drug-likeness (QED) is 0.528. The minimum absolute atomic E-state index is 0.149. The van der Waals surface area contributed by atoms with E-state index in [1.807, 2.05) is 12.1 Å². The Morgan fingerprint density at radius 2 is 2.00 bits per heavy atom. The lowest BCUT2D eigenvalue weighted by molar-refractivity contribution is 0.122. The van der Waals surface area contributed by atoms with E-state index in [2.05, 4.69) is 63.0 Å². The first-order chi connectivity index (χ1) is 14.6. The third kappa shape index (κ3) is 4.32. The number of nitrogens with zero attached hydrogens (tertiary/aromatic N) is 4. The number of benzene rings is 2. The van der Waals surface area contributed by atoms with Crippen LogP contribution in [0.3, 0.4) is 0 Å². The number of ether oxygens (including phenoxy) is 1. The van der Waals surface area contributed by atoms with E-state index in [1.165, 1.54) is 10.4 Å². The SMILES string of the molecule is CCCc1nc2ccc(Br)cc2c(=O)n1N=Cc1ccc(N2CCOCC2)cc1C. The summed E-state index contributed by atoms with van der Waals surface area (Å²) in [5, 5.41) is 5.10. The normalized spacial score (nSPS) is 14.7. The summed E-state index contributed by atoms with van der Waals surface area (Å²) in [6, 6.07) is 11.9. The van der Waals surface area contributed by atoms with Crippen molar-refractivity contribution in [3.05, 3.63) is 68.2 Å². The molecule has 7 heteroatoms. The van der Waals surface area contributed by atoms with E-state index >= 15 is 0 Å². The van der Waals surface area contributed by atoms with Crippen molar-refractivity contribution in [2.45, 2.75) is 26.7 Å². The molecule has 1 aliphatic heterocycles. The van der Waals surface area contributed by atoms with E-state index in [4.69, 9.17) is 4.74 Å². The number of halogens is 1. The number of morpholine rings is 1. The number of hydrogen-bond donors (Lipinski definition) is 0. The van der Waals surface area contributed by atoms with Gasteiger partial charge in [-0.25, -0.2) is 4.98 Å². The molecule has 0 unspecified atom stereocenters. The number of hydrogen-bond acceptors (Lipinski definition) is 5. The smallest absolute Gasteiger partial charge is 0.282 e. The van der Waals surface area contributed by atoms with Gasteiger partial charge < -0.3 is 9.64 Å². The monoisotopic (exact) mass is 468 g/mol. The summed E-state index contributed by atoms with van der Waals surface area (Å²) in [7, 11) is 0. The molecule has 1 aromatic heterocycles. The van der Waals surface area contributed by atoms with E-state index in [-0.39, 0.29) is 5.56 Å². The van der Waals surface area contributed by atoms with Crippen LogP contribution in [-0.4, -0.2) is 42.2 Å². The van der Waals surface area contributed by atoms with Crippen LogP contribution in [0.25, 0.3) is 10.9 Å². The van der Waals surface area contributed by atoms with Crippen molar-refractivity contribution in [1.82, 2.24) is 9.66 Å². The summed E-state index contributed by atoms with van der Waals surface area (Å²) in [5.74, 6) is 0.677. The van der Waals surface area contributed by atoms with Gasteiger partial charge in [0.2, 0.25) is 0 Å². The molecule has 0 aliphatic carbocycles. The zero-order valence-corrected chi connectivity index (χ0v) is 18.9. The average molecular weight is 469 g/mol. The predicted molar refractivity (Wildman–Crippen MR) is 125 cm³/mol. The van der Waals surface area contributed by atoms with Gasteiger partial charge in [-0.3, -0.25) is 4.79 Å². The number of anilines is 1. The highest BCUT2D eigenvalue weighted by molar-refractivity contribution is 9.10. The summed E-state index contributed by atoms with van der Waals surface area (Å²) >= 11 is 3.44.